The van der Waals surface area contributed by atoms with Crippen LogP contribution in [-0.4, -0.2) is 60.9 Å². The lowest BCUT2D eigenvalue weighted by atomic mass is 9.85. The van der Waals surface area contributed by atoms with Gasteiger partial charge in [-0.25, -0.2) is 0 Å². The molecule has 0 spiro atoms. The SMILES string of the molecule is COc1cccc(C(=O)N2CC(N3C(=O)C4CC=CCC4C3=O)C2)c1OC. The van der Waals surface area contributed by atoms with E-state index in [9.17, 15) is 14.4 Å². The molecule has 0 N–H and O–H groups in total. The summed E-state index contributed by atoms with van der Waals surface area (Å²) in [4.78, 5) is 41.2. The maximum Gasteiger partial charge on any atom is 0.257 e. The zero-order valence-corrected chi connectivity index (χ0v) is 15.4. The molecule has 1 aromatic rings. The van der Waals surface area contributed by atoms with Crippen molar-refractivity contribution in [1.29, 1.82) is 0 Å². The first-order valence-corrected chi connectivity index (χ1v) is 9.09. The number of allylic oxidation sites excluding steroid dienone is 2. The lowest BCUT2D eigenvalue weighted by Crippen LogP contribution is -2.62. The summed E-state index contributed by atoms with van der Waals surface area (Å²) in [5.74, 6) is 0.0354. The molecule has 0 bridgehead atoms. The molecule has 1 aromatic carbocycles. The molecule has 27 heavy (non-hydrogen) atoms. The van der Waals surface area contributed by atoms with Crippen LogP contribution in [0.1, 0.15) is 23.2 Å². The molecule has 4 rings (SSSR count). The number of amides is 3. The van der Waals surface area contributed by atoms with E-state index in [1.165, 1.54) is 19.1 Å². The summed E-state index contributed by atoms with van der Waals surface area (Å²) in [7, 11) is 3.01. The van der Waals surface area contributed by atoms with Crippen LogP contribution in [0.3, 0.4) is 0 Å². The van der Waals surface area contributed by atoms with Crippen LogP contribution in [0.4, 0.5) is 0 Å². The minimum absolute atomic E-state index is 0.0922. The summed E-state index contributed by atoms with van der Waals surface area (Å²) >= 11 is 0. The fourth-order valence-corrected chi connectivity index (χ4v) is 4.20. The van der Waals surface area contributed by atoms with Gasteiger partial charge in [0.15, 0.2) is 11.5 Å². The van der Waals surface area contributed by atoms with Crippen LogP contribution in [0, 0.1) is 11.8 Å². The molecular formula is C20H22N2O5. The lowest BCUT2D eigenvalue weighted by Gasteiger charge is -2.43. The van der Waals surface area contributed by atoms with Gasteiger partial charge in [0.1, 0.15) is 0 Å². The Morgan fingerprint density at radius 3 is 2.19 bits per heavy atom. The highest BCUT2D eigenvalue weighted by Crippen LogP contribution is 2.38. The summed E-state index contributed by atoms with van der Waals surface area (Å²) in [6, 6.07) is 4.91. The topological polar surface area (TPSA) is 76.2 Å². The van der Waals surface area contributed by atoms with Crippen molar-refractivity contribution in [3.05, 3.63) is 35.9 Å². The number of imide groups is 1. The highest BCUT2D eigenvalue weighted by atomic mass is 16.5. The average Bonchev–Trinajstić information content (AvgIpc) is 2.91. The summed E-state index contributed by atoms with van der Waals surface area (Å²) in [6.07, 6.45) is 5.20. The van der Waals surface area contributed by atoms with Crippen molar-refractivity contribution in [3.63, 3.8) is 0 Å². The van der Waals surface area contributed by atoms with Crippen LogP contribution in [0.15, 0.2) is 30.4 Å². The molecule has 0 radical (unpaired) electrons. The molecule has 7 nitrogen and oxygen atoms in total. The van der Waals surface area contributed by atoms with Gasteiger partial charge in [0.25, 0.3) is 5.91 Å². The van der Waals surface area contributed by atoms with Crippen LogP contribution >= 0.6 is 0 Å². The number of carbonyl (C=O) groups is 3. The third-order valence-electron chi connectivity index (χ3n) is 5.69. The number of nitrogens with zero attached hydrogens (tertiary/aromatic N) is 2. The zero-order chi connectivity index (χ0) is 19.1. The van der Waals surface area contributed by atoms with E-state index in [1.54, 1.807) is 23.1 Å². The Kier molecular flexibility index (Phi) is 4.37. The van der Waals surface area contributed by atoms with E-state index in [-0.39, 0.29) is 35.6 Å². The maximum atomic E-state index is 12.8. The molecule has 142 valence electrons. The summed E-state index contributed by atoms with van der Waals surface area (Å²) in [5.41, 5.74) is 0.409. The van der Waals surface area contributed by atoms with Crippen LogP contribution in [0.25, 0.3) is 0 Å². The number of carbonyl (C=O) groups excluding carboxylic acids is 3. The Labute approximate surface area is 157 Å². The second-order valence-corrected chi connectivity index (χ2v) is 7.11. The largest absolute Gasteiger partial charge is 0.493 e. The van der Waals surface area contributed by atoms with Gasteiger partial charge < -0.3 is 14.4 Å². The number of ether oxygens (including phenoxy) is 2. The minimum Gasteiger partial charge on any atom is -0.493 e. The zero-order valence-electron chi connectivity index (χ0n) is 15.4. The molecule has 2 unspecified atom stereocenters. The first-order chi connectivity index (χ1) is 13.1. The Bertz CT molecular complexity index is 802. The first kappa shape index (κ1) is 17.6. The second kappa shape index (κ2) is 6.72. The van der Waals surface area contributed by atoms with Gasteiger partial charge in [-0.3, -0.25) is 19.3 Å². The number of fused-ring (bicyclic) bond motifs is 1. The highest BCUT2D eigenvalue weighted by molar-refractivity contribution is 6.06. The summed E-state index contributed by atoms with van der Waals surface area (Å²) in [5, 5.41) is 0. The van der Waals surface area contributed by atoms with Gasteiger partial charge >= 0.3 is 0 Å². The molecule has 3 amide bonds. The molecular weight excluding hydrogens is 348 g/mol. The summed E-state index contributed by atoms with van der Waals surface area (Å²) < 4.78 is 10.6. The molecule has 2 atom stereocenters. The molecule has 2 fully saturated rings. The van der Waals surface area contributed by atoms with Gasteiger partial charge in [-0.15, -0.1) is 0 Å². The number of hydrogen-bond acceptors (Lipinski definition) is 5. The molecule has 0 aromatic heterocycles. The first-order valence-electron chi connectivity index (χ1n) is 9.09. The van der Waals surface area contributed by atoms with E-state index in [4.69, 9.17) is 9.47 Å². The molecule has 2 heterocycles. The van der Waals surface area contributed by atoms with Gasteiger partial charge in [0, 0.05) is 13.1 Å². The van der Waals surface area contributed by atoms with Crippen molar-refractivity contribution in [1.82, 2.24) is 9.80 Å². The molecule has 2 aliphatic heterocycles. The molecule has 0 saturated carbocycles. The van der Waals surface area contributed by atoms with Gasteiger partial charge in [0.05, 0.1) is 37.7 Å². The van der Waals surface area contributed by atoms with Crippen LogP contribution in [0.2, 0.25) is 0 Å². The van der Waals surface area contributed by atoms with Gasteiger partial charge in [-0.2, -0.15) is 0 Å². The quantitative estimate of drug-likeness (QED) is 0.593. The second-order valence-electron chi connectivity index (χ2n) is 7.11. The standard InChI is InChI=1S/C20H22N2O5/c1-26-16-9-5-8-15(17(16)27-2)18(23)21-10-12(11-21)22-19(24)13-6-3-4-7-14(13)20(22)25/h3-5,8-9,12-14H,6-7,10-11H2,1-2H3. The predicted octanol–water partition coefficient (Wildman–Crippen LogP) is 1.48. The Balaban J connectivity index is 1.46. The number of likely N-dealkylation sites (tertiary alicyclic amines) is 2. The van der Waals surface area contributed by atoms with Gasteiger partial charge in [-0.05, 0) is 25.0 Å². The monoisotopic (exact) mass is 370 g/mol. The predicted molar refractivity (Wildman–Crippen MR) is 96.4 cm³/mol. The van der Waals surface area contributed by atoms with E-state index < -0.39 is 0 Å². The number of para-hydroxylation sites is 1. The third-order valence-corrected chi connectivity index (χ3v) is 5.69. The smallest absolute Gasteiger partial charge is 0.257 e. The normalized spacial score (nSPS) is 24.7. The molecule has 3 aliphatic rings. The van der Waals surface area contributed by atoms with E-state index >= 15 is 0 Å². The Morgan fingerprint density at radius 2 is 1.63 bits per heavy atom. The van der Waals surface area contributed by atoms with Crippen molar-refractivity contribution in [3.8, 4) is 11.5 Å². The fraction of sp³-hybridized carbons (Fsp3) is 0.450. The fourth-order valence-electron chi connectivity index (χ4n) is 4.20. The highest BCUT2D eigenvalue weighted by Gasteiger charge is 2.52. The van der Waals surface area contributed by atoms with Gasteiger partial charge in [-0.1, -0.05) is 18.2 Å². The van der Waals surface area contributed by atoms with E-state index in [0.717, 1.165) is 0 Å². The molecule has 7 heteroatoms. The van der Waals surface area contributed by atoms with Crippen LogP contribution < -0.4 is 9.47 Å². The number of hydrogen-bond donors (Lipinski definition) is 0. The Morgan fingerprint density at radius 1 is 1.00 bits per heavy atom. The van der Waals surface area contributed by atoms with Gasteiger partial charge in [0.2, 0.25) is 11.8 Å². The molecule has 1 aliphatic carbocycles. The third kappa shape index (κ3) is 2.69. The van der Waals surface area contributed by atoms with Crippen LogP contribution in [-0.2, 0) is 9.59 Å². The van der Waals surface area contributed by atoms with E-state index in [0.29, 0.717) is 43.0 Å². The molecule has 2 saturated heterocycles. The average molecular weight is 370 g/mol. The van der Waals surface area contributed by atoms with Crippen molar-refractivity contribution in [2.24, 2.45) is 11.8 Å². The van der Waals surface area contributed by atoms with Crippen molar-refractivity contribution < 1.29 is 23.9 Å². The number of rotatable bonds is 4. The van der Waals surface area contributed by atoms with E-state index in [2.05, 4.69) is 0 Å². The minimum atomic E-state index is -0.240. The summed E-state index contributed by atoms with van der Waals surface area (Å²) in [6.45, 7) is 0.701. The van der Waals surface area contributed by atoms with Crippen molar-refractivity contribution in [2.75, 3.05) is 27.3 Å². The van der Waals surface area contributed by atoms with Crippen molar-refractivity contribution >= 4 is 17.7 Å². The lowest BCUT2D eigenvalue weighted by molar-refractivity contribution is -0.145. The Hall–Kier alpha value is -2.83. The number of methoxy groups -OCH3 is 2. The van der Waals surface area contributed by atoms with Crippen LogP contribution in [0.5, 0.6) is 11.5 Å². The maximum absolute atomic E-state index is 12.8. The van der Waals surface area contributed by atoms with Crippen molar-refractivity contribution in [2.45, 2.75) is 18.9 Å². The number of benzene rings is 1. The van der Waals surface area contributed by atoms with E-state index in [1.807, 2.05) is 12.2 Å².